The lowest BCUT2D eigenvalue weighted by atomic mass is 10.2. The smallest absolute Gasteiger partial charge is 0.230 e. The third-order valence-corrected chi connectivity index (χ3v) is 5.40. The summed E-state index contributed by atoms with van der Waals surface area (Å²) in [6, 6.07) is 11.5. The van der Waals surface area contributed by atoms with Crippen LogP contribution in [0.1, 0.15) is 5.69 Å². The standard InChI is InChI=1S/C17H13N5OS2/c23-16(8-12-9-25-17(20-12)15-6-3-7-24-15)21-13-4-1-2-5-14(13)22-11-18-10-19-22/h1-7,9-11H,8H2,(H,21,23). The largest absolute Gasteiger partial charge is 0.324 e. The van der Waals surface area contributed by atoms with E-state index in [0.717, 1.165) is 21.3 Å². The van der Waals surface area contributed by atoms with Gasteiger partial charge in [0, 0.05) is 5.38 Å². The maximum absolute atomic E-state index is 12.4. The second-order valence-corrected chi connectivity index (χ2v) is 7.01. The quantitative estimate of drug-likeness (QED) is 0.585. The van der Waals surface area contributed by atoms with Gasteiger partial charge in [-0.15, -0.1) is 22.7 Å². The molecular formula is C17H13N5OS2. The summed E-state index contributed by atoms with van der Waals surface area (Å²) >= 11 is 3.20. The number of thiophene rings is 1. The third kappa shape index (κ3) is 3.49. The van der Waals surface area contributed by atoms with E-state index in [1.165, 1.54) is 6.33 Å². The van der Waals surface area contributed by atoms with Crippen molar-refractivity contribution in [2.45, 2.75) is 6.42 Å². The van der Waals surface area contributed by atoms with Gasteiger partial charge in [0.25, 0.3) is 0 Å². The minimum absolute atomic E-state index is 0.115. The van der Waals surface area contributed by atoms with Gasteiger partial charge in [-0.3, -0.25) is 4.79 Å². The van der Waals surface area contributed by atoms with Crippen LogP contribution < -0.4 is 5.32 Å². The van der Waals surface area contributed by atoms with E-state index in [1.54, 1.807) is 33.7 Å². The van der Waals surface area contributed by atoms with Gasteiger partial charge in [0.1, 0.15) is 17.7 Å². The Bertz CT molecular complexity index is 976. The highest BCUT2D eigenvalue weighted by atomic mass is 32.1. The number of benzene rings is 1. The third-order valence-electron chi connectivity index (χ3n) is 3.47. The van der Waals surface area contributed by atoms with E-state index >= 15 is 0 Å². The lowest BCUT2D eigenvalue weighted by Gasteiger charge is -2.10. The molecule has 3 aromatic heterocycles. The van der Waals surface area contributed by atoms with Crippen LogP contribution >= 0.6 is 22.7 Å². The molecule has 0 bridgehead atoms. The van der Waals surface area contributed by atoms with Crippen molar-refractivity contribution in [3.8, 4) is 15.6 Å². The molecule has 8 heteroatoms. The summed E-state index contributed by atoms with van der Waals surface area (Å²) in [5.74, 6) is -0.115. The average Bonchev–Trinajstić information content (AvgIpc) is 3.37. The van der Waals surface area contributed by atoms with Gasteiger partial charge in [0.15, 0.2) is 0 Å². The summed E-state index contributed by atoms with van der Waals surface area (Å²) in [4.78, 5) is 22.0. The van der Waals surface area contributed by atoms with Crippen molar-refractivity contribution in [2.75, 3.05) is 5.32 Å². The van der Waals surface area contributed by atoms with Crippen LogP contribution in [0.2, 0.25) is 0 Å². The molecule has 1 aromatic carbocycles. The van der Waals surface area contributed by atoms with Crippen LogP contribution in [0.15, 0.2) is 59.8 Å². The average molecular weight is 367 g/mol. The Kier molecular flexibility index (Phi) is 4.36. The Morgan fingerprint density at radius 2 is 2.08 bits per heavy atom. The molecule has 0 atom stereocenters. The Morgan fingerprint density at radius 1 is 1.16 bits per heavy atom. The zero-order valence-electron chi connectivity index (χ0n) is 13.0. The first kappa shape index (κ1) is 15.7. The fourth-order valence-electron chi connectivity index (χ4n) is 2.37. The predicted molar refractivity (Wildman–Crippen MR) is 99.1 cm³/mol. The van der Waals surface area contributed by atoms with Crippen molar-refractivity contribution >= 4 is 34.3 Å². The molecule has 25 heavy (non-hydrogen) atoms. The van der Waals surface area contributed by atoms with Crippen LogP contribution in [-0.2, 0) is 11.2 Å². The maximum atomic E-state index is 12.4. The molecular weight excluding hydrogens is 354 g/mol. The number of hydrogen-bond donors (Lipinski definition) is 1. The topological polar surface area (TPSA) is 72.7 Å². The minimum atomic E-state index is -0.115. The molecule has 0 aliphatic rings. The molecule has 1 amide bonds. The van der Waals surface area contributed by atoms with E-state index in [1.807, 2.05) is 47.2 Å². The number of nitrogens with zero attached hydrogens (tertiary/aromatic N) is 4. The summed E-state index contributed by atoms with van der Waals surface area (Å²) < 4.78 is 1.62. The number of hydrogen-bond acceptors (Lipinski definition) is 6. The monoisotopic (exact) mass is 367 g/mol. The van der Waals surface area contributed by atoms with Gasteiger partial charge in [-0.05, 0) is 23.6 Å². The van der Waals surface area contributed by atoms with E-state index in [9.17, 15) is 4.79 Å². The summed E-state index contributed by atoms with van der Waals surface area (Å²) in [7, 11) is 0. The molecule has 0 saturated carbocycles. The Hall–Kier alpha value is -2.84. The second-order valence-electron chi connectivity index (χ2n) is 5.20. The van der Waals surface area contributed by atoms with E-state index in [-0.39, 0.29) is 12.3 Å². The van der Waals surface area contributed by atoms with Gasteiger partial charge >= 0.3 is 0 Å². The molecule has 4 aromatic rings. The van der Waals surface area contributed by atoms with E-state index in [0.29, 0.717) is 5.69 Å². The molecule has 0 unspecified atom stereocenters. The van der Waals surface area contributed by atoms with E-state index in [4.69, 9.17) is 0 Å². The zero-order chi connectivity index (χ0) is 17.1. The van der Waals surface area contributed by atoms with Crippen molar-refractivity contribution in [3.05, 3.63) is 65.5 Å². The highest BCUT2D eigenvalue weighted by molar-refractivity contribution is 7.20. The SMILES string of the molecule is O=C(Cc1csc(-c2cccs2)n1)Nc1ccccc1-n1cncn1. The molecule has 4 rings (SSSR count). The van der Waals surface area contributed by atoms with Crippen molar-refractivity contribution in [1.82, 2.24) is 19.7 Å². The molecule has 0 aliphatic heterocycles. The maximum Gasteiger partial charge on any atom is 0.230 e. The van der Waals surface area contributed by atoms with E-state index in [2.05, 4.69) is 20.4 Å². The zero-order valence-corrected chi connectivity index (χ0v) is 14.6. The van der Waals surface area contributed by atoms with E-state index < -0.39 is 0 Å². The molecule has 6 nitrogen and oxygen atoms in total. The van der Waals surface area contributed by atoms with Crippen LogP contribution in [0.4, 0.5) is 5.69 Å². The number of amides is 1. The van der Waals surface area contributed by atoms with Gasteiger partial charge in [-0.2, -0.15) is 5.10 Å². The van der Waals surface area contributed by atoms with Crippen molar-refractivity contribution in [3.63, 3.8) is 0 Å². The first-order valence-corrected chi connectivity index (χ1v) is 9.28. The van der Waals surface area contributed by atoms with Crippen LogP contribution in [0, 0.1) is 0 Å². The Balaban J connectivity index is 1.48. The van der Waals surface area contributed by atoms with Crippen LogP contribution in [0.3, 0.4) is 0 Å². The number of rotatable bonds is 5. The highest BCUT2D eigenvalue weighted by Gasteiger charge is 2.12. The number of carbonyl (C=O) groups excluding carboxylic acids is 1. The highest BCUT2D eigenvalue weighted by Crippen LogP contribution is 2.28. The molecule has 124 valence electrons. The lowest BCUT2D eigenvalue weighted by molar-refractivity contribution is -0.115. The van der Waals surface area contributed by atoms with Crippen molar-refractivity contribution in [1.29, 1.82) is 0 Å². The number of aromatic nitrogens is 4. The number of nitrogens with one attached hydrogen (secondary N) is 1. The summed E-state index contributed by atoms with van der Waals surface area (Å²) in [5.41, 5.74) is 2.22. The van der Waals surface area contributed by atoms with Gasteiger partial charge in [-0.25, -0.2) is 14.6 Å². The summed E-state index contributed by atoms with van der Waals surface area (Å²) in [6.45, 7) is 0. The molecule has 0 radical (unpaired) electrons. The lowest BCUT2D eigenvalue weighted by Crippen LogP contribution is -2.16. The molecule has 0 saturated heterocycles. The molecule has 0 aliphatic carbocycles. The molecule has 0 spiro atoms. The Labute approximate surface area is 151 Å². The molecule has 0 fully saturated rings. The van der Waals surface area contributed by atoms with Crippen LogP contribution in [0.25, 0.3) is 15.6 Å². The Morgan fingerprint density at radius 3 is 2.88 bits per heavy atom. The molecule has 3 heterocycles. The minimum Gasteiger partial charge on any atom is -0.324 e. The van der Waals surface area contributed by atoms with Gasteiger partial charge in [-0.1, -0.05) is 18.2 Å². The van der Waals surface area contributed by atoms with Gasteiger partial charge in [0.2, 0.25) is 5.91 Å². The fraction of sp³-hybridized carbons (Fsp3) is 0.0588. The number of thiazole rings is 1. The van der Waals surface area contributed by atoms with Crippen molar-refractivity contribution < 1.29 is 4.79 Å². The predicted octanol–water partition coefficient (Wildman–Crippen LogP) is 3.63. The normalized spacial score (nSPS) is 10.7. The fourth-order valence-corrected chi connectivity index (χ4v) is 4.01. The first-order chi connectivity index (χ1) is 12.3. The van der Waals surface area contributed by atoms with Gasteiger partial charge in [0.05, 0.1) is 28.4 Å². The summed E-state index contributed by atoms with van der Waals surface area (Å²) in [6.07, 6.45) is 3.28. The first-order valence-electron chi connectivity index (χ1n) is 7.52. The summed E-state index contributed by atoms with van der Waals surface area (Å²) in [5, 5.41) is 11.9. The number of para-hydroxylation sites is 2. The van der Waals surface area contributed by atoms with Crippen LogP contribution in [-0.4, -0.2) is 25.7 Å². The van der Waals surface area contributed by atoms with Crippen molar-refractivity contribution in [2.24, 2.45) is 0 Å². The number of carbonyl (C=O) groups is 1. The van der Waals surface area contributed by atoms with Crippen LogP contribution in [0.5, 0.6) is 0 Å². The number of anilines is 1. The second kappa shape index (κ2) is 6.96. The molecule has 1 N–H and O–H groups in total. The van der Waals surface area contributed by atoms with Gasteiger partial charge < -0.3 is 5.32 Å².